The Morgan fingerprint density at radius 1 is 1.26 bits per heavy atom. The highest BCUT2D eigenvalue weighted by Crippen LogP contribution is 2.32. The first-order chi connectivity index (χ1) is 11.2. The smallest absolute Gasteiger partial charge is 0.225 e. The molecule has 3 rings (SSSR count). The van der Waals surface area contributed by atoms with Gasteiger partial charge in [-0.25, -0.2) is 0 Å². The molecule has 1 heterocycles. The third kappa shape index (κ3) is 3.65. The quantitative estimate of drug-likeness (QED) is 0.836. The lowest BCUT2D eigenvalue weighted by Gasteiger charge is -2.37. The normalized spacial score (nSPS) is 19.9. The summed E-state index contributed by atoms with van der Waals surface area (Å²) in [6.07, 6.45) is 2.10. The highest BCUT2D eigenvalue weighted by molar-refractivity contribution is 5.81. The second kappa shape index (κ2) is 7.01. The van der Waals surface area contributed by atoms with E-state index in [0.717, 1.165) is 50.3 Å². The van der Waals surface area contributed by atoms with Gasteiger partial charge in [0.2, 0.25) is 5.91 Å². The standard InChI is InChI=1S/C18H23N3O2/c1-2-23-16-7-5-14(6-8-16)17(13-19)20-9-11-21(12-10-20)18(22)15-3-4-15/h5-8,15,17H,2-4,9-12H2,1H3. The van der Waals surface area contributed by atoms with Crippen LogP contribution >= 0.6 is 0 Å². The van der Waals surface area contributed by atoms with Crippen molar-refractivity contribution in [1.82, 2.24) is 9.80 Å². The molecular formula is C18H23N3O2. The van der Waals surface area contributed by atoms with Gasteiger partial charge in [0.15, 0.2) is 0 Å². The number of nitriles is 1. The van der Waals surface area contributed by atoms with Crippen LogP contribution in [0.2, 0.25) is 0 Å². The number of nitrogens with zero attached hydrogens (tertiary/aromatic N) is 3. The van der Waals surface area contributed by atoms with E-state index in [9.17, 15) is 10.1 Å². The zero-order chi connectivity index (χ0) is 16.2. The predicted octanol–water partition coefficient (Wildman–Crippen LogP) is 2.20. The van der Waals surface area contributed by atoms with E-state index < -0.39 is 0 Å². The van der Waals surface area contributed by atoms with Crippen molar-refractivity contribution < 1.29 is 9.53 Å². The zero-order valence-electron chi connectivity index (χ0n) is 13.6. The molecule has 23 heavy (non-hydrogen) atoms. The zero-order valence-corrected chi connectivity index (χ0v) is 13.6. The Labute approximate surface area is 137 Å². The van der Waals surface area contributed by atoms with E-state index in [1.165, 1.54) is 0 Å². The Morgan fingerprint density at radius 3 is 2.43 bits per heavy atom. The van der Waals surface area contributed by atoms with Gasteiger partial charge in [0, 0.05) is 32.1 Å². The Hall–Kier alpha value is -2.06. The maximum Gasteiger partial charge on any atom is 0.225 e. The van der Waals surface area contributed by atoms with Gasteiger partial charge in [-0.1, -0.05) is 12.1 Å². The summed E-state index contributed by atoms with van der Waals surface area (Å²) in [5.74, 6) is 1.41. The van der Waals surface area contributed by atoms with Crippen molar-refractivity contribution in [2.24, 2.45) is 5.92 Å². The molecule has 0 spiro atoms. The van der Waals surface area contributed by atoms with Crippen LogP contribution in [-0.4, -0.2) is 48.5 Å². The van der Waals surface area contributed by atoms with Crippen molar-refractivity contribution in [3.05, 3.63) is 29.8 Å². The first-order valence-electron chi connectivity index (χ1n) is 8.38. The minimum Gasteiger partial charge on any atom is -0.494 e. The molecule has 1 atom stereocenters. The van der Waals surface area contributed by atoms with Crippen LogP contribution in [0.4, 0.5) is 0 Å². The highest BCUT2D eigenvalue weighted by atomic mass is 16.5. The number of benzene rings is 1. The molecule has 122 valence electrons. The van der Waals surface area contributed by atoms with Crippen LogP contribution in [0, 0.1) is 17.2 Å². The van der Waals surface area contributed by atoms with E-state index >= 15 is 0 Å². The molecule has 1 aromatic carbocycles. The second-order valence-electron chi connectivity index (χ2n) is 6.17. The van der Waals surface area contributed by atoms with E-state index in [1.54, 1.807) is 0 Å². The van der Waals surface area contributed by atoms with Gasteiger partial charge in [-0.05, 0) is 37.5 Å². The summed E-state index contributed by atoms with van der Waals surface area (Å²) in [5, 5.41) is 9.57. The van der Waals surface area contributed by atoms with Crippen molar-refractivity contribution >= 4 is 5.91 Å². The number of carbonyl (C=O) groups is 1. The molecule has 2 aliphatic rings. The topological polar surface area (TPSA) is 56.6 Å². The summed E-state index contributed by atoms with van der Waals surface area (Å²) in [5.41, 5.74) is 0.984. The van der Waals surface area contributed by atoms with Crippen LogP contribution in [0.5, 0.6) is 5.75 Å². The van der Waals surface area contributed by atoms with Crippen LogP contribution in [0.3, 0.4) is 0 Å². The van der Waals surface area contributed by atoms with Gasteiger partial charge in [-0.2, -0.15) is 5.26 Å². The highest BCUT2D eigenvalue weighted by Gasteiger charge is 2.35. The average Bonchev–Trinajstić information content (AvgIpc) is 3.42. The Bertz CT molecular complexity index is 581. The monoisotopic (exact) mass is 313 g/mol. The molecule has 0 radical (unpaired) electrons. The molecular weight excluding hydrogens is 290 g/mol. The minimum absolute atomic E-state index is 0.260. The van der Waals surface area contributed by atoms with Gasteiger partial charge >= 0.3 is 0 Å². The average molecular weight is 313 g/mol. The van der Waals surface area contributed by atoms with Crippen LogP contribution in [0.25, 0.3) is 0 Å². The Balaban J connectivity index is 1.60. The second-order valence-corrected chi connectivity index (χ2v) is 6.17. The first-order valence-corrected chi connectivity index (χ1v) is 8.38. The SMILES string of the molecule is CCOc1ccc(C(C#N)N2CCN(C(=O)C3CC3)CC2)cc1. The fourth-order valence-corrected chi connectivity index (χ4v) is 3.07. The van der Waals surface area contributed by atoms with E-state index in [1.807, 2.05) is 36.1 Å². The molecule has 5 heteroatoms. The van der Waals surface area contributed by atoms with E-state index in [-0.39, 0.29) is 12.0 Å². The van der Waals surface area contributed by atoms with Crippen LogP contribution in [-0.2, 0) is 4.79 Å². The molecule has 1 amide bonds. The summed E-state index contributed by atoms with van der Waals surface area (Å²) >= 11 is 0. The minimum atomic E-state index is -0.260. The molecule has 1 aliphatic carbocycles. The Morgan fingerprint density at radius 2 is 1.91 bits per heavy atom. The van der Waals surface area contributed by atoms with E-state index in [4.69, 9.17) is 4.74 Å². The number of ether oxygens (including phenoxy) is 1. The lowest BCUT2D eigenvalue weighted by atomic mass is 10.1. The molecule has 1 aliphatic heterocycles. The third-order valence-electron chi connectivity index (χ3n) is 4.55. The van der Waals surface area contributed by atoms with Crippen molar-refractivity contribution in [3.63, 3.8) is 0 Å². The maximum absolute atomic E-state index is 12.1. The van der Waals surface area contributed by atoms with Gasteiger partial charge in [0.1, 0.15) is 11.8 Å². The van der Waals surface area contributed by atoms with Crippen molar-refractivity contribution in [2.75, 3.05) is 32.8 Å². The van der Waals surface area contributed by atoms with Gasteiger partial charge in [0.25, 0.3) is 0 Å². The summed E-state index contributed by atoms with van der Waals surface area (Å²) in [4.78, 5) is 16.2. The third-order valence-corrected chi connectivity index (χ3v) is 4.55. The van der Waals surface area contributed by atoms with Crippen molar-refractivity contribution in [3.8, 4) is 11.8 Å². The summed E-state index contributed by atoms with van der Waals surface area (Å²) in [6.45, 7) is 5.55. The molecule has 1 aromatic rings. The van der Waals surface area contributed by atoms with Gasteiger partial charge in [-0.3, -0.25) is 9.69 Å². The van der Waals surface area contributed by atoms with E-state index in [2.05, 4.69) is 11.0 Å². The lowest BCUT2D eigenvalue weighted by molar-refractivity contribution is -0.134. The number of hydrogen-bond acceptors (Lipinski definition) is 4. The number of rotatable bonds is 5. The summed E-state index contributed by atoms with van der Waals surface area (Å²) < 4.78 is 5.45. The molecule has 2 fully saturated rings. The molecule has 0 aromatic heterocycles. The van der Waals surface area contributed by atoms with Crippen LogP contribution in [0.15, 0.2) is 24.3 Å². The predicted molar refractivity (Wildman–Crippen MR) is 86.8 cm³/mol. The van der Waals surface area contributed by atoms with Crippen molar-refractivity contribution in [1.29, 1.82) is 5.26 Å². The van der Waals surface area contributed by atoms with Gasteiger partial charge in [0.05, 0.1) is 12.7 Å². The molecule has 5 nitrogen and oxygen atoms in total. The summed E-state index contributed by atoms with van der Waals surface area (Å²) in [7, 11) is 0. The largest absolute Gasteiger partial charge is 0.494 e. The van der Waals surface area contributed by atoms with Crippen LogP contribution in [0.1, 0.15) is 31.4 Å². The first kappa shape index (κ1) is 15.8. The fraction of sp³-hybridized carbons (Fsp3) is 0.556. The maximum atomic E-state index is 12.1. The van der Waals surface area contributed by atoms with E-state index in [0.29, 0.717) is 12.5 Å². The number of carbonyl (C=O) groups excluding carboxylic acids is 1. The summed E-state index contributed by atoms with van der Waals surface area (Å²) in [6, 6.07) is 9.88. The molecule has 1 unspecified atom stereocenters. The van der Waals surface area contributed by atoms with Crippen molar-refractivity contribution in [2.45, 2.75) is 25.8 Å². The molecule has 1 saturated heterocycles. The Kier molecular flexibility index (Phi) is 4.82. The fourth-order valence-electron chi connectivity index (χ4n) is 3.07. The lowest BCUT2D eigenvalue weighted by Crippen LogP contribution is -2.49. The molecule has 1 saturated carbocycles. The molecule has 0 bridgehead atoms. The molecule has 0 N–H and O–H groups in total. The number of piperazine rings is 1. The van der Waals surface area contributed by atoms with Gasteiger partial charge in [-0.15, -0.1) is 0 Å². The van der Waals surface area contributed by atoms with Crippen LogP contribution < -0.4 is 4.74 Å². The van der Waals surface area contributed by atoms with Gasteiger partial charge < -0.3 is 9.64 Å². The number of hydrogen-bond donors (Lipinski definition) is 0. The number of amides is 1.